The molecule has 0 amide bonds. The smallest absolute Gasteiger partial charge is 0.128 e. The zero-order chi connectivity index (χ0) is 11.4. The van der Waals surface area contributed by atoms with Crippen LogP contribution in [0.3, 0.4) is 0 Å². The molecule has 0 radical (unpaired) electrons. The van der Waals surface area contributed by atoms with Gasteiger partial charge in [-0.25, -0.2) is 9.97 Å². The van der Waals surface area contributed by atoms with Gasteiger partial charge in [0.15, 0.2) is 0 Å². The van der Waals surface area contributed by atoms with E-state index in [1.54, 1.807) is 29.4 Å². The molecule has 82 valence electrons. The highest BCUT2D eigenvalue weighted by molar-refractivity contribution is 7.99. The fraction of sp³-hybridized carbons (Fsp3) is 0.364. The van der Waals surface area contributed by atoms with Crippen molar-refractivity contribution in [3.8, 4) is 6.07 Å². The van der Waals surface area contributed by atoms with Gasteiger partial charge in [0.05, 0.1) is 6.07 Å². The number of nitrogens with zero attached hydrogens (tertiary/aromatic N) is 3. The van der Waals surface area contributed by atoms with Crippen LogP contribution in [0.5, 0.6) is 0 Å². The summed E-state index contributed by atoms with van der Waals surface area (Å²) in [5.74, 6) is 0.792. The molecule has 2 heterocycles. The van der Waals surface area contributed by atoms with Crippen LogP contribution in [0.2, 0.25) is 0 Å². The molecule has 0 bridgehead atoms. The first-order chi connectivity index (χ1) is 7.85. The molecular weight excluding hydrogens is 238 g/mol. The van der Waals surface area contributed by atoms with Crippen molar-refractivity contribution in [3.05, 3.63) is 17.3 Å². The first kappa shape index (κ1) is 11.4. The molecule has 16 heavy (non-hydrogen) atoms. The quantitative estimate of drug-likeness (QED) is 0.474. The second-order valence-corrected chi connectivity index (χ2v) is 5.42. The Morgan fingerprint density at radius 2 is 2.38 bits per heavy atom. The fourth-order valence-corrected chi connectivity index (χ4v) is 3.19. The van der Waals surface area contributed by atoms with E-state index >= 15 is 0 Å². The lowest BCUT2D eigenvalue weighted by Crippen LogP contribution is -1.84. The molecule has 0 saturated heterocycles. The Hall–Kier alpha value is -1.12. The largest absolute Gasteiger partial charge is 0.229 e. The van der Waals surface area contributed by atoms with Crippen LogP contribution in [0.15, 0.2) is 17.4 Å². The topological polar surface area (TPSA) is 49.6 Å². The van der Waals surface area contributed by atoms with Gasteiger partial charge in [0.1, 0.15) is 16.2 Å². The Labute approximate surface area is 103 Å². The van der Waals surface area contributed by atoms with E-state index in [1.165, 1.54) is 4.88 Å². The van der Waals surface area contributed by atoms with E-state index in [0.29, 0.717) is 6.42 Å². The summed E-state index contributed by atoms with van der Waals surface area (Å²) in [6.07, 6.45) is 3.19. The standard InChI is InChI=1S/C11H11N3S2/c1-2-8-6-9-10(15-5-3-4-12)13-7-14-11(9)16-8/h6-7H,2-3,5H2,1H3. The Kier molecular flexibility index (Phi) is 3.75. The average Bonchev–Trinajstić information content (AvgIpc) is 2.73. The van der Waals surface area contributed by atoms with E-state index in [2.05, 4.69) is 29.0 Å². The molecule has 0 aliphatic rings. The molecule has 2 aromatic heterocycles. The first-order valence-corrected chi connectivity index (χ1v) is 6.88. The van der Waals surface area contributed by atoms with Gasteiger partial charge >= 0.3 is 0 Å². The molecule has 0 aliphatic heterocycles. The molecule has 5 heteroatoms. The van der Waals surface area contributed by atoms with Gasteiger partial charge in [0.25, 0.3) is 0 Å². The normalized spacial score (nSPS) is 10.5. The number of thiophene rings is 1. The van der Waals surface area contributed by atoms with Crippen molar-refractivity contribution in [2.24, 2.45) is 0 Å². The van der Waals surface area contributed by atoms with Crippen molar-refractivity contribution in [2.45, 2.75) is 24.8 Å². The minimum Gasteiger partial charge on any atom is -0.229 e. The lowest BCUT2D eigenvalue weighted by molar-refractivity contribution is 1.10. The summed E-state index contributed by atoms with van der Waals surface area (Å²) >= 11 is 3.35. The Morgan fingerprint density at radius 1 is 1.50 bits per heavy atom. The van der Waals surface area contributed by atoms with Crippen LogP contribution in [-0.2, 0) is 6.42 Å². The molecule has 0 N–H and O–H groups in total. The summed E-state index contributed by atoms with van der Waals surface area (Å²) in [7, 11) is 0. The monoisotopic (exact) mass is 249 g/mol. The molecule has 0 atom stereocenters. The summed E-state index contributed by atoms with van der Waals surface area (Å²) in [4.78, 5) is 10.9. The molecule has 0 saturated carbocycles. The number of aryl methyl sites for hydroxylation is 1. The number of thioether (sulfide) groups is 1. The number of hydrogen-bond acceptors (Lipinski definition) is 5. The van der Waals surface area contributed by atoms with Crippen LogP contribution < -0.4 is 0 Å². The molecule has 0 aromatic carbocycles. The Balaban J connectivity index is 2.30. The third-order valence-electron chi connectivity index (χ3n) is 2.14. The third-order valence-corrected chi connectivity index (χ3v) is 4.34. The molecule has 0 fully saturated rings. The van der Waals surface area contributed by atoms with Gasteiger partial charge < -0.3 is 0 Å². The van der Waals surface area contributed by atoms with Crippen LogP contribution in [0.4, 0.5) is 0 Å². The molecular formula is C11H11N3S2. The van der Waals surface area contributed by atoms with Crippen LogP contribution in [0, 0.1) is 11.3 Å². The molecule has 0 aliphatic carbocycles. The summed E-state index contributed by atoms with van der Waals surface area (Å²) in [6.45, 7) is 2.14. The van der Waals surface area contributed by atoms with Crippen LogP contribution in [-0.4, -0.2) is 15.7 Å². The maximum Gasteiger partial charge on any atom is 0.128 e. The van der Waals surface area contributed by atoms with Gasteiger partial charge in [-0.2, -0.15) is 5.26 Å². The summed E-state index contributed by atoms with van der Waals surface area (Å²) in [5, 5.41) is 10.6. The lowest BCUT2D eigenvalue weighted by Gasteiger charge is -1.98. The van der Waals surface area contributed by atoms with Crippen molar-refractivity contribution in [1.29, 1.82) is 5.26 Å². The minimum atomic E-state index is 0.556. The Morgan fingerprint density at radius 3 is 3.12 bits per heavy atom. The van der Waals surface area contributed by atoms with Crippen molar-refractivity contribution in [2.75, 3.05) is 5.75 Å². The second kappa shape index (κ2) is 5.28. The van der Waals surface area contributed by atoms with Gasteiger partial charge in [-0.15, -0.1) is 23.1 Å². The van der Waals surface area contributed by atoms with E-state index in [1.807, 2.05) is 0 Å². The number of aromatic nitrogens is 2. The molecule has 2 rings (SSSR count). The molecule has 0 unspecified atom stereocenters. The van der Waals surface area contributed by atoms with E-state index < -0.39 is 0 Å². The highest BCUT2D eigenvalue weighted by atomic mass is 32.2. The third kappa shape index (κ3) is 2.34. The van der Waals surface area contributed by atoms with Crippen LogP contribution in [0.1, 0.15) is 18.2 Å². The predicted octanol–water partition coefficient (Wildman–Crippen LogP) is 3.26. The highest BCUT2D eigenvalue weighted by Gasteiger charge is 2.07. The van der Waals surface area contributed by atoms with Gasteiger partial charge in [-0.3, -0.25) is 0 Å². The minimum absolute atomic E-state index is 0.556. The van der Waals surface area contributed by atoms with Gasteiger partial charge in [0, 0.05) is 22.4 Å². The average molecular weight is 249 g/mol. The first-order valence-electron chi connectivity index (χ1n) is 5.08. The number of nitriles is 1. The van der Waals surface area contributed by atoms with Crippen LogP contribution >= 0.6 is 23.1 Å². The predicted molar refractivity (Wildman–Crippen MR) is 67.7 cm³/mol. The van der Waals surface area contributed by atoms with Gasteiger partial charge in [-0.1, -0.05) is 6.92 Å². The maximum absolute atomic E-state index is 8.51. The summed E-state index contributed by atoms with van der Waals surface area (Å²) in [5.41, 5.74) is 0. The number of hydrogen-bond donors (Lipinski definition) is 0. The van der Waals surface area contributed by atoms with Gasteiger partial charge in [-0.05, 0) is 12.5 Å². The Bertz CT molecular complexity index is 527. The van der Waals surface area contributed by atoms with E-state index in [9.17, 15) is 0 Å². The zero-order valence-electron chi connectivity index (χ0n) is 8.93. The number of fused-ring (bicyclic) bond motifs is 1. The summed E-state index contributed by atoms with van der Waals surface area (Å²) < 4.78 is 0. The van der Waals surface area contributed by atoms with Gasteiger partial charge in [0.2, 0.25) is 0 Å². The molecule has 3 nitrogen and oxygen atoms in total. The second-order valence-electron chi connectivity index (χ2n) is 3.22. The van der Waals surface area contributed by atoms with Crippen molar-refractivity contribution in [3.63, 3.8) is 0 Å². The zero-order valence-corrected chi connectivity index (χ0v) is 10.6. The van der Waals surface area contributed by atoms with Crippen molar-refractivity contribution >= 4 is 33.3 Å². The fourth-order valence-electron chi connectivity index (χ4n) is 1.37. The van der Waals surface area contributed by atoms with Crippen molar-refractivity contribution < 1.29 is 0 Å². The summed E-state index contributed by atoms with van der Waals surface area (Å²) in [6, 6.07) is 4.30. The van der Waals surface area contributed by atoms with E-state index in [4.69, 9.17) is 5.26 Å². The van der Waals surface area contributed by atoms with E-state index in [-0.39, 0.29) is 0 Å². The molecule has 0 spiro atoms. The lowest BCUT2D eigenvalue weighted by atomic mass is 10.3. The number of rotatable bonds is 4. The SMILES string of the molecule is CCc1cc2c(SCCC#N)ncnc2s1. The molecule has 2 aromatic rings. The highest BCUT2D eigenvalue weighted by Crippen LogP contribution is 2.30. The van der Waals surface area contributed by atoms with Crippen LogP contribution in [0.25, 0.3) is 10.2 Å². The maximum atomic E-state index is 8.51. The van der Waals surface area contributed by atoms with E-state index in [0.717, 1.165) is 27.4 Å². The van der Waals surface area contributed by atoms with Crippen molar-refractivity contribution in [1.82, 2.24) is 9.97 Å².